The van der Waals surface area contributed by atoms with Gasteiger partial charge in [-0.05, 0) is 52.0 Å². The van der Waals surface area contributed by atoms with Crippen molar-refractivity contribution in [1.29, 1.82) is 0 Å². The van der Waals surface area contributed by atoms with E-state index in [1.807, 2.05) is 0 Å². The summed E-state index contributed by atoms with van der Waals surface area (Å²) in [5.74, 6) is -8.00. The van der Waals surface area contributed by atoms with Gasteiger partial charge in [0.25, 0.3) is 0 Å². The minimum Gasteiger partial charge on any atom is -0.339 e. The molecule has 4 rings (SSSR count). The van der Waals surface area contributed by atoms with Gasteiger partial charge in [0.05, 0.1) is 12.6 Å². The van der Waals surface area contributed by atoms with Crippen LogP contribution in [0.1, 0.15) is 51.9 Å². The topological polar surface area (TPSA) is 47.6 Å². The standard InChI is InChI=1S/C21H32F6N4O/c1-19(22,20(23,24)18-29-28-11-30(18)2)12-5-3-6-13(9-12)31-10-15-14(17(31)32)7-4-8-16(15)21(25,26)27/h12-16,18,28-29H,3-11H2,1-2H3/t12?,13?,14?,15?,16?,18?,19-/m1/s1. The predicted molar refractivity (Wildman–Crippen MR) is 105 cm³/mol. The Kier molecular flexibility index (Phi) is 6.24. The number of nitrogens with zero attached hydrogens (tertiary/aromatic N) is 2. The third-order valence-corrected chi connectivity index (χ3v) is 8.35. The number of likely N-dealkylation sites (tertiary alicyclic amines) is 1. The summed E-state index contributed by atoms with van der Waals surface area (Å²) in [6.07, 6.45) is -3.83. The molecule has 2 heterocycles. The predicted octanol–water partition coefficient (Wildman–Crippen LogP) is 3.67. The molecule has 4 fully saturated rings. The first kappa shape index (κ1) is 24.1. The molecular formula is C21H32F6N4O. The number of rotatable bonds is 4. The van der Waals surface area contributed by atoms with Crippen molar-refractivity contribution in [3.8, 4) is 0 Å². The van der Waals surface area contributed by atoms with E-state index < -0.39 is 53.6 Å². The van der Waals surface area contributed by atoms with E-state index in [4.69, 9.17) is 0 Å². The van der Waals surface area contributed by atoms with Crippen molar-refractivity contribution in [3.63, 3.8) is 0 Å². The molecule has 2 saturated heterocycles. The summed E-state index contributed by atoms with van der Waals surface area (Å²) in [5.41, 5.74) is 2.18. The Hall–Kier alpha value is -1.07. The molecule has 1 amide bonds. The van der Waals surface area contributed by atoms with Crippen LogP contribution >= 0.6 is 0 Å². The minimum atomic E-state index is -4.36. The highest BCUT2D eigenvalue weighted by Gasteiger charge is 2.63. The first-order valence-corrected chi connectivity index (χ1v) is 11.5. The summed E-state index contributed by atoms with van der Waals surface area (Å²) < 4.78 is 86.8. The van der Waals surface area contributed by atoms with E-state index in [9.17, 15) is 18.0 Å². The molecule has 4 aliphatic rings. The van der Waals surface area contributed by atoms with E-state index in [0.717, 1.165) is 6.92 Å². The average Bonchev–Trinajstić information content (AvgIpc) is 3.31. The third-order valence-electron chi connectivity index (χ3n) is 8.35. The molecule has 2 saturated carbocycles. The number of nitrogens with one attached hydrogen (secondary N) is 2. The number of hydrogen-bond acceptors (Lipinski definition) is 4. The molecule has 32 heavy (non-hydrogen) atoms. The number of halogens is 6. The van der Waals surface area contributed by atoms with Crippen molar-refractivity contribution in [2.75, 3.05) is 20.3 Å². The molecule has 6 unspecified atom stereocenters. The highest BCUT2D eigenvalue weighted by molar-refractivity contribution is 5.82. The third kappa shape index (κ3) is 3.91. The first-order chi connectivity index (χ1) is 14.9. The summed E-state index contributed by atoms with van der Waals surface area (Å²) in [6.45, 7) is 1.05. The number of carbonyl (C=O) groups is 1. The first-order valence-electron chi connectivity index (χ1n) is 11.5. The molecule has 0 spiro atoms. The molecule has 2 N–H and O–H groups in total. The summed E-state index contributed by atoms with van der Waals surface area (Å²) in [4.78, 5) is 15.8. The Labute approximate surface area is 184 Å². The Morgan fingerprint density at radius 3 is 2.31 bits per heavy atom. The van der Waals surface area contributed by atoms with E-state index in [-0.39, 0.29) is 38.4 Å². The van der Waals surface area contributed by atoms with Gasteiger partial charge >= 0.3 is 12.1 Å². The number of fused-ring (bicyclic) bond motifs is 1. The molecular weight excluding hydrogens is 438 g/mol. The lowest BCUT2D eigenvalue weighted by Crippen LogP contribution is -2.62. The Balaban J connectivity index is 1.50. The van der Waals surface area contributed by atoms with Crippen molar-refractivity contribution < 1.29 is 31.1 Å². The van der Waals surface area contributed by atoms with Crippen LogP contribution in [0.25, 0.3) is 0 Å². The molecule has 7 atom stereocenters. The summed E-state index contributed by atoms with van der Waals surface area (Å²) in [7, 11) is 1.47. The van der Waals surface area contributed by atoms with E-state index >= 15 is 13.2 Å². The zero-order valence-electron chi connectivity index (χ0n) is 18.4. The molecule has 5 nitrogen and oxygen atoms in total. The minimum absolute atomic E-state index is 0.0126. The second kappa shape index (κ2) is 8.30. The van der Waals surface area contributed by atoms with Crippen LogP contribution < -0.4 is 10.9 Å². The second-order valence-electron chi connectivity index (χ2n) is 10.2. The summed E-state index contributed by atoms with van der Waals surface area (Å²) in [6, 6.07) is -0.501. The molecule has 2 aliphatic carbocycles. The van der Waals surface area contributed by atoms with Gasteiger partial charge in [-0.1, -0.05) is 12.8 Å². The maximum Gasteiger partial charge on any atom is 0.392 e. The Morgan fingerprint density at radius 1 is 1.00 bits per heavy atom. The number of alkyl halides is 6. The smallest absolute Gasteiger partial charge is 0.339 e. The lowest BCUT2D eigenvalue weighted by atomic mass is 9.73. The van der Waals surface area contributed by atoms with E-state index in [0.29, 0.717) is 25.7 Å². The van der Waals surface area contributed by atoms with Gasteiger partial charge in [0.1, 0.15) is 6.17 Å². The van der Waals surface area contributed by atoms with Crippen molar-refractivity contribution in [2.24, 2.45) is 23.7 Å². The van der Waals surface area contributed by atoms with Gasteiger partial charge in [-0.25, -0.2) is 15.2 Å². The largest absolute Gasteiger partial charge is 0.392 e. The lowest BCUT2D eigenvalue weighted by molar-refractivity contribution is -0.200. The fourth-order valence-corrected chi connectivity index (χ4v) is 6.41. The quantitative estimate of drug-likeness (QED) is 0.616. The van der Waals surface area contributed by atoms with Gasteiger partial charge in [-0.15, -0.1) is 0 Å². The molecule has 0 radical (unpaired) electrons. The van der Waals surface area contributed by atoms with Crippen molar-refractivity contribution in [3.05, 3.63) is 0 Å². The summed E-state index contributed by atoms with van der Waals surface area (Å²) in [5, 5.41) is 0. The number of hydrazine groups is 1. The lowest BCUT2D eigenvalue weighted by Gasteiger charge is -2.45. The number of amides is 1. The van der Waals surface area contributed by atoms with Crippen LogP contribution in [0.5, 0.6) is 0 Å². The number of hydrogen-bond donors (Lipinski definition) is 2. The fraction of sp³-hybridized carbons (Fsp3) is 0.952. The van der Waals surface area contributed by atoms with Crippen LogP contribution in [-0.2, 0) is 4.79 Å². The molecule has 2 aliphatic heterocycles. The maximum absolute atomic E-state index is 15.8. The number of carbonyl (C=O) groups excluding carboxylic acids is 1. The zero-order valence-corrected chi connectivity index (χ0v) is 18.4. The van der Waals surface area contributed by atoms with E-state index in [1.54, 1.807) is 0 Å². The van der Waals surface area contributed by atoms with E-state index in [1.165, 1.54) is 16.8 Å². The normalized spacial score (nSPS) is 39.2. The van der Waals surface area contributed by atoms with Gasteiger partial charge in [0.2, 0.25) is 5.91 Å². The highest BCUT2D eigenvalue weighted by atomic mass is 19.4. The fourth-order valence-electron chi connectivity index (χ4n) is 6.41. The maximum atomic E-state index is 15.8. The van der Waals surface area contributed by atoms with Crippen LogP contribution in [0.2, 0.25) is 0 Å². The van der Waals surface area contributed by atoms with Crippen molar-refractivity contribution in [2.45, 2.75) is 81.8 Å². The van der Waals surface area contributed by atoms with Gasteiger partial charge in [-0.3, -0.25) is 9.69 Å². The van der Waals surface area contributed by atoms with Crippen LogP contribution in [-0.4, -0.2) is 65.9 Å². The molecule has 0 aromatic carbocycles. The van der Waals surface area contributed by atoms with Gasteiger partial charge < -0.3 is 4.90 Å². The van der Waals surface area contributed by atoms with Gasteiger partial charge in [-0.2, -0.15) is 22.0 Å². The molecule has 0 aromatic rings. The monoisotopic (exact) mass is 470 g/mol. The van der Waals surface area contributed by atoms with Crippen LogP contribution in [0, 0.1) is 23.7 Å². The molecule has 184 valence electrons. The molecule has 0 aromatic heterocycles. The van der Waals surface area contributed by atoms with Crippen LogP contribution in [0.4, 0.5) is 26.3 Å². The Morgan fingerprint density at radius 2 is 1.69 bits per heavy atom. The van der Waals surface area contributed by atoms with Crippen LogP contribution in [0.3, 0.4) is 0 Å². The summed E-state index contributed by atoms with van der Waals surface area (Å²) >= 11 is 0. The van der Waals surface area contributed by atoms with Crippen molar-refractivity contribution in [1.82, 2.24) is 20.7 Å². The Bertz CT molecular complexity index is 717. The van der Waals surface area contributed by atoms with Crippen LogP contribution in [0.15, 0.2) is 0 Å². The zero-order chi connectivity index (χ0) is 23.5. The van der Waals surface area contributed by atoms with Crippen molar-refractivity contribution >= 4 is 5.91 Å². The highest BCUT2D eigenvalue weighted by Crippen LogP contribution is 2.51. The SMILES string of the molecule is CN1CNNC1C(F)(F)[C@](C)(F)C1CCCC(N2CC3C(CCCC3C(F)(F)F)C2=O)C1. The van der Waals surface area contributed by atoms with Gasteiger partial charge in [0, 0.05) is 24.4 Å². The van der Waals surface area contributed by atoms with Gasteiger partial charge in [0.15, 0.2) is 5.67 Å². The molecule has 11 heteroatoms. The molecule has 0 bridgehead atoms. The average molecular weight is 471 g/mol. The second-order valence-corrected chi connectivity index (χ2v) is 10.2. The van der Waals surface area contributed by atoms with E-state index in [2.05, 4.69) is 10.9 Å².